The summed E-state index contributed by atoms with van der Waals surface area (Å²) in [7, 11) is 0. The lowest BCUT2D eigenvalue weighted by molar-refractivity contribution is 0.0950. The maximum absolute atomic E-state index is 12.5. The molecule has 164 valence electrons. The van der Waals surface area contributed by atoms with Crippen molar-refractivity contribution in [2.75, 3.05) is 6.61 Å². The summed E-state index contributed by atoms with van der Waals surface area (Å²) in [6.07, 6.45) is 5.05. The van der Waals surface area contributed by atoms with Gasteiger partial charge < -0.3 is 9.72 Å². The van der Waals surface area contributed by atoms with Gasteiger partial charge in [-0.25, -0.2) is 5.43 Å². The number of rotatable bonds is 9. The zero-order valence-corrected chi connectivity index (χ0v) is 18.3. The highest BCUT2D eigenvalue weighted by Gasteiger charge is 2.11. The van der Waals surface area contributed by atoms with Crippen LogP contribution in [0.25, 0.3) is 22.2 Å². The van der Waals surface area contributed by atoms with Gasteiger partial charge in [-0.2, -0.15) is 10.2 Å². The minimum Gasteiger partial charge on any atom is -0.494 e. The van der Waals surface area contributed by atoms with E-state index in [2.05, 4.69) is 32.6 Å². The summed E-state index contributed by atoms with van der Waals surface area (Å²) < 4.78 is 5.74. The molecule has 0 saturated heterocycles. The first kappa shape index (κ1) is 21.4. The summed E-state index contributed by atoms with van der Waals surface area (Å²) in [5.41, 5.74) is 7.46. The average molecular weight is 430 g/mol. The van der Waals surface area contributed by atoms with E-state index in [1.54, 1.807) is 12.3 Å². The monoisotopic (exact) mass is 429 g/mol. The van der Waals surface area contributed by atoms with Crippen molar-refractivity contribution in [1.29, 1.82) is 0 Å². The lowest BCUT2D eigenvalue weighted by Crippen LogP contribution is -2.18. The number of carbonyl (C=O) groups excluding carboxylic acids is 1. The first-order valence-electron chi connectivity index (χ1n) is 10.8. The molecule has 2 heterocycles. The van der Waals surface area contributed by atoms with Gasteiger partial charge in [-0.3, -0.25) is 9.89 Å². The third-order valence-electron chi connectivity index (χ3n) is 5.29. The second kappa shape index (κ2) is 9.96. The minimum atomic E-state index is -0.353. The fourth-order valence-electron chi connectivity index (χ4n) is 3.53. The van der Waals surface area contributed by atoms with E-state index in [4.69, 9.17) is 4.74 Å². The number of benzene rings is 2. The Hall–Kier alpha value is -3.87. The molecule has 0 bridgehead atoms. The summed E-state index contributed by atoms with van der Waals surface area (Å²) in [5, 5.41) is 12.2. The fourth-order valence-corrected chi connectivity index (χ4v) is 3.53. The average Bonchev–Trinajstić information content (AvgIpc) is 3.42. The molecular weight excluding hydrogens is 402 g/mol. The number of amides is 1. The number of ether oxygens (including phenoxy) is 1. The number of hydrogen-bond donors (Lipinski definition) is 3. The highest BCUT2D eigenvalue weighted by molar-refractivity contribution is 6.01. The van der Waals surface area contributed by atoms with Crippen molar-refractivity contribution in [2.45, 2.75) is 33.1 Å². The number of fused-ring (bicyclic) bond motifs is 1. The molecule has 2 aromatic heterocycles. The minimum absolute atomic E-state index is 0.340. The summed E-state index contributed by atoms with van der Waals surface area (Å²) in [5.74, 6) is 0.480. The zero-order valence-electron chi connectivity index (χ0n) is 18.3. The van der Waals surface area contributed by atoms with Crippen molar-refractivity contribution in [3.8, 4) is 17.0 Å². The second-order valence-electron chi connectivity index (χ2n) is 7.66. The molecule has 4 rings (SSSR count). The zero-order chi connectivity index (χ0) is 22.3. The number of unbranched alkanes of at least 4 members (excludes halogenated alkanes) is 2. The molecule has 0 aliphatic carbocycles. The van der Waals surface area contributed by atoms with E-state index in [1.807, 2.05) is 55.5 Å². The van der Waals surface area contributed by atoms with Gasteiger partial charge in [0.05, 0.1) is 18.5 Å². The molecule has 1 amide bonds. The molecule has 0 unspecified atom stereocenters. The Morgan fingerprint density at radius 3 is 2.78 bits per heavy atom. The molecule has 0 saturated carbocycles. The SMILES string of the molecule is CCCCCOc1ccc(-c2cc(C(=O)NN=Cc3c(C)[nH]c4ccccc34)[nH]n2)cc1. The van der Waals surface area contributed by atoms with Crippen LogP contribution >= 0.6 is 0 Å². The molecule has 0 aliphatic heterocycles. The number of aryl methyl sites for hydroxylation is 1. The first-order valence-corrected chi connectivity index (χ1v) is 10.8. The Labute approximate surface area is 186 Å². The Bertz CT molecular complexity index is 1220. The van der Waals surface area contributed by atoms with E-state index < -0.39 is 0 Å². The van der Waals surface area contributed by atoms with Gasteiger partial charge in [0.25, 0.3) is 5.91 Å². The fraction of sp³-hybridized carbons (Fsp3) is 0.240. The summed E-state index contributed by atoms with van der Waals surface area (Å²) >= 11 is 0. The van der Waals surface area contributed by atoms with E-state index >= 15 is 0 Å². The van der Waals surface area contributed by atoms with Gasteiger partial charge in [0.15, 0.2) is 0 Å². The number of hydrogen-bond acceptors (Lipinski definition) is 4. The Morgan fingerprint density at radius 2 is 1.97 bits per heavy atom. The number of carbonyl (C=O) groups is 1. The summed E-state index contributed by atoms with van der Waals surface area (Å²) in [6.45, 7) is 4.87. The molecule has 0 radical (unpaired) electrons. The first-order chi connectivity index (χ1) is 15.7. The quantitative estimate of drug-likeness (QED) is 0.194. The van der Waals surface area contributed by atoms with Gasteiger partial charge in [0, 0.05) is 27.7 Å². The molecule has 32 heavy (non-hydrogen) atoms. The van der Waals surface area contributed by atoms with Crippen LogP contribution in [0, 0.1) is 6.92 Å². The number of nitrogens with one attached hydrogen (secondary N) is 3. The van der Waals surface area contributed by atoms with Crippen LogP contribution in [0.15, 0.2) is 59.7 Å². The van der Waals surface area contributed by atoms with Gasteiger partial charge in [0.2, 0.25) is 0 Å². The number of hydrazone groups is 1. The van der Waals surface area contributed by atoms with Gasteiger partial charge in [0.1, 0.15) is 11.4 Å². The Morgan fingerprint density at radius 1 is 1.16 bits per heavy atom. The van der Waals surface area contributed by atoms with Crippen LogP contribution in [0.3, 0.4) is 0 Å². The van der Waals surface area contributed by atoms with Gasteiger partial charge in [-0.05, 0) is 49.7 Å². The highest BCUT2D eigenvalue weighted by atomic mass is 16.5. The molecule has 0 atom stereocenters. The molecule has 0 spiro atoms. The number of nitrogens with zero attached hydrogens (tertiary/aromatic N) is 2. The van der Waals surface area contributed by atoms with Crippen molar-refractivity contribution < 1.29 is 9.53 Å². The number of para-hydroxylation sites is 1. The lowest BCUT2D eigenvalue weighted by atomic mass is 10.1. The van der Waals surface area contributed by atoms with Crippen LogP contribution in [0.5, 0.6) is 5.75 Å². The second-order valence-corrected chi connectivity index (χ2v) is 7.66. The van der Waals surface area contributed by atoms with Gasteiger partial charge in [-0.15, -0.1) is 0 Å². The summed E-state index contributed by atoms with van der Waals surface area (Å²) in [6, 6.07) is 17.4. The Kier molecular flexibility index (Phi) is 6.65. The third kappa shape index (κ3) is 4.88. The predicted molar refractivity (Wildman–Crippen MR) is 127 cm³/mol. The standard InChI is InChI=1S/C25H27N5O2/c1-3-4-7-14-32-19-12-10-18(11-13-19)23-15-24(29-28-23)25(31)30-26-16-21-17(2)27-22-9-6-5-8-20(21)22/h5-6,8-13,15-16,27H,3-4,7,14H2,1-2H3,(H,28,29)(H,30,31). The molecule has 7 heteroatoms. The molecular formula is C25H27N5O2. The van der Waals surface area contributed by atoms with Crippen LogP contribution in [-0.2, 0) is 0 Å². The maximum Gasteiger partial charge on any atom is 0.289 e. The van der Waals surface area contributed by atoms with Crippen LogP contribution in [-0.4, -0.2) is 33.9 Å². The number of H-pyrrole nitrogens is 2. The van der Waals surface area contributed by atoms with Crippen molar-refractivity contribution in [3.05, 3.63) is 71.5 Å². The van der Waals surface area contributed by atoms with E-state index in [1.165, 1.54) is 12.8 Å². The molecule has 2 aromatic carbocycles. The molecule has 0 aliphatic rings. The van der Waals surface area contributed by atoms with E-state index in [0.29, 0.717) is 11.4 Å². The smallest absolute Gasteiger partial charge is 0.289 e. The van der Waals surface area contributed by atoms with Crippen molar-refractivity contribution in [2.24, 2.45) is 5.10 Å². The van der Waals surface area contributed by atoms with Crippen molar-refractivity contribution >= 4 is 23.0 Å². The van der Waals surface area contributed by atoms with E-state index in [0.717, 1.165) is 46.5 Å². The molecule has 7 nitrogen and oxygen atoms in total. The molecule has 0 fully saturated rings. The number of aromatic amines is 2. The highest BCUT2D eigenvalue weighted by Crippen LogP contribution is 2.22. The maximum atomic E-state index is 12.5. The summed E-state index contributed by atoms with van der Waals surface area (Å²) in [4.78, 5) is 15.8. The van der Waals surface area contributed by atoms with Crippen LogP contribution in [0.1, 0.15) is 47.9 Å². The largest absolute Gasteiger partial charge is 0.494 e. The van der Waals surface area contributed by atoms with Crippen molar-refractivity contribution in [1.82, 2.24) is 20.6 Å². The molecule has 3 N–H and O–H groups in total. The molecule has 4 aromatic rings. The van der Waals surface area contributed by atoms with Crippen LogP contribution in [0.4, 0.5) is 0 Å². The lowest BCUT2D eigenvalue weighted by Gasteiger charge is -2.06. The topological polar surface area (TPSA) is 95.2 Å². The van der Waals surface area contributed by atoms with Gasteiger partial charge >= 0.3 is 0 Å². The van der Waals surface area contributed by atoms with Gasteiger partial charge in [-0.1, -0.05) is 38.0 Å². The normalized spacial score (nSPS) is 11.3. The Balaban J connectivity index is 1.37. The predicted octanol–water partition coefficient (Wildman–Crippen LogP) is 5.20. The van der Waals surface area contributed by atoms with E-state index in [-0.39, 0.29) is 5.91 Å². The third-order valence-corrected chi connectivity index (χ3v) is 5.29. The number of aromatic nitrogens is 3. The van der Waals surface area contributed by atoms with Crippen molar-refractivity contribution in [3.63, 3.8) is 0 Å². The van der Waals surface area contributed by atoms with Crippen LogP contribution in [0.2, 0.25) is 0 Å². The van der Waals surface area contributed by atoms with Crippen LogP contribution < -0.4 is 10.2 Å². The van der Waals surface area contributed by atoms with E-state index in [9.17, 15) is 4.79 Å².